The quantitative estimate of drug-likeness (QED) is 0.870. The number of rotatable bonds is 6. The molecular formula is C13H20N4S. The first-order chi connectivity index (χ1) is 8.72. The first kappa shape index (κ1) is 13.2. The molecule has 0 aliphatic carbocycles. The van der Waals surface area contributed by atoms with Crippen molar-refractivity contribution in [1.29, 1.82) is 0 Å². The molecule has 0 aliphatic rings. The molecule has 2 rings (SSSR count). The molecule has 0 spiro atoms. The van der Waals surface area contributed by atoms with Gasteiger partial charge in [0.1, 0.15) is 5.01 Å². The van der Waals surface area contributed by atoms with Crippen LogP contribution in [-0.2, 0) is 33.0 Å². The van der Waals surface area contributed by atoms with Gasteiger partial charge >= 0.3 is 0 Å². The molecule has 0 saturated heterocycles. The Balaban J connectivity index is 1.87. The van der Waals surface area contributed by atoms with Crippen molar-refractivity contribution in [3.05, 3.63) is 33.5 Å². The van der Waals surface area contributed by atoms with Crippen LogP contribution < -0.4 is 5.32 Å². The van der Waals surface area contributed by atoms with E-state index in [-0.39, 0.29) is 0 Å². The molecule has 2 aromatic rings. The molecule has 4 nitrogen and oxygen atoms in total. The van der Waals surface area contributed by atoms with Crippen LogP contribution in [0.1, 0.15) is 35.0 Å². The second-order valence-electron chi connectivity index (χ2n) is 4.31. The maximum absolute atomic E-state index is 4.44. The Morgan fingerprint density at radius 3 is 2.78 bits per heavy atom. The summed E-state index contributed by atoms with van der Waals surface area (Å²) in [6.45, 7) is 5.99. The van der Waals surface area contributed by atoms with E-state index in [1.54, 1.807) is 11.3 Å². The minimum absolute atomic E-state index is 0.836. The molecule has 0 aromatic carbocycles. The number of thiazole rings is 1. The second-order valence-corrected chi connectivity index (χ2v) is 5.51. The minimum atomic E-state index is 0.836. The van der Waals surface area contributed by atoms with Crippen molar-refractivity contribution in [1.82, 2.24) is 20.1 Å². The Hall–Kier alpha value is -1.20. The number of hydrogen-bond donors (Lipinski definition) is 1. The molecule has 0 bridgehead atoms. The second kappa shape index (κ2) is 6.11. The zero-order valence-corrected chi connectivity index (χ0v) is 12.0. The number of nitrogens with one attached hydrogen (secondary N) is 1. The van der Waals surface area contributed by atoms with Crippen molar-refractivity contribution in [3.8, 4) is 0 Å². The van der Waals surface area contributed by atoms with E-state index in [2.05, 4.69) is 35.4 Å². The van der Waals surface area contributed by atoms with Gasteiger partial charge in [-0.15, -0.1) is 11.3 Å². The highest BCUT2D eigenvalue weighted by Crippen LogP contribution is 2.13. The Morgan fingerprint density at radius 1 is 1.28 bits per heavy atom. The summed E-state index contributed by atoms with van der Waals surface area (Å²) in [6, 6.07) is 0. The number of aryl methyl sites for hydroxylation is 3. The van der Waals surface area contributed by atoms with Gasteiger partial charge in [-0.1, -0.05) is 13.8 Å². The van der Waals surface area contributed by atoms with Crippen molar-refractivity contribution >= 4 is 11.3 Å². The highest BCUT2D eigenvalue weighted by atomic mass is 32.1. The smallest absolute Gasteiger partial charge is 0.107 e. The minimum Gasteiger partial charge on any atom is -0.306 e. The summed E-state index contributed by atoms with van der Waals surface area (Å²) in [7, 11) is 1.97. The Labute approximate surface area is 112 Å². The average molecular weight is 264 g/mol. The van der Waals surface area contributed by atoms with Gasteiger partial charge in [0.25, 0.3) is 0 Å². The highest BCUT2D eigenvalue weighted by Gasteiger charge is 2.06. The van der Waals surface area contributed by atoms with E-state index in [0.29, 0.717) is 0 Å². The number of aromatic nitrogens is 3. The van der Waals surface area contributed by atoms with Gasteiger partial charge in [-0.2, -0.15) is 5.10 Å². The normalized spacial score (nSPS) is 11.1. The molecule has 2 aromatic heterocycles. The summed E-state index contributed by atoms with van der Waals surface area (Å²) in [5, 5.41) is 9.03. The van der Waals surface area contributed by atoms with Gasteiger partial charge < -0.3 is 5.32 Å². The molecule has 0 aliphatic heterocycles. The molecule has 0 fully saturated rings. The van der Waals surface area contributed by atoms with Gasteiger partial charge in [0.15, 0.2) is 0 Å². The summed E-state index contributed by atoms with van der Waals surface area (Å²) in [5.41, 5.74) is 2.46. The predicted molar refractivity (Wildman–Crippen MR) is 74.6 cm³/mol. The molecule has 2 heterocycles. The van der Waals surface area contributed by atoms with Crippen LogP contribution in [0.15, 0.2) is 12.4 Å². The van der Waals surface area contributed by atoms with Gasteiger partial charge in [0, 0.05) is 43.0 Å². The molecule has 18 heavy (non-hydrogen) atoms. The van der Waals surface area contributed by atoms with Crippen LogP contribution in [0.4, 0.5) is 0 Å². The monoisotopic (exact) mass is 264 g/mol. The van der Waals surface area contributed by atoms with E-state index in [1.807, 2.05) is 17.9 Å². The molecule has 0 radical (unpaired) electrons. The zero-order chi connectivity index (χ0) is 13.0. The van der Waals surface area contributed by atoms with Crippen LogP contribution >= 0.6 is 11.3 Å². The van der Waals surface area contributed by atoms with Crippen molar-refractivity contribution in [2.24, 2.45) is 7.05 Å². The molecular weight excluding hydrogens is 244 g/mol. The Bertz CT molecular complexity index is 501. The van der Waals surface area contributed by atoms with Crippen LogP contribution in [0.5, 0.6) is 0 Å². The van der Waals surface area contributed by atoms with Crippen molar-refractivity contribution in [2.75, 3.05) is 0 Å². The standard InChI is InChI=1S/C13H20N4S/c1-4-11-7-15-13(18-11)8-14-6-10-9-17(3)16-12(10)5-2/h7,9,14H,4-6,8H2,1-3H3. The van der Waals surface area contributed by atoms with E-state index >= 15 is 0 Å². The summed E-state index contributed by atoms with van der Waals surface area (Å²) in [6.07, 6.45) is 6.11. The lowest BCUT2D eigenvalue weighted by Crippen LogP contribution is -2.13. The van der Waals surface area contributed by atoms with Gasteiger partial charge in [-0.05, 0) is 12.8 Å². The number of nitrogens with zero attached hydrogens (tertiary/aromatic N) is 3. The van der Waals surface area contributed by atoms with Crippen LogP contribution in [0.3, 0.4) is 0 Å². The van der Waals surface area contributed by atoms with Crippen molar-refractivity contribution < 1.29 is 0 Å². The number of hydrogen-bond acceptors (Lipinski definition) is 4. The lowest BCUT2D eigenvalue weighted by atomic mass is 10.2. The summed E-state index contributed by atoms with van der Waals surface area (Å²) in [4.78, 5) is 5.75. The van der Waals surface area contributed by atoms with Crippen molar-refractivity contribution in [3.63, 3.8) is 0 Å². The fourth-order valence-corrected chi connectivity index (χ4v) is 2.76. The maximum Gasteiger partial charge on any atom is 0.107 e. The van der Waals surface area contributed by atoms with Gasteiger partial charge in [0.05, 0.1) is 5.69 Å². The third-order valence-electron chi connectivity index (χ3n) is 2.87. The van der Waals surface area contributed by atoms with E-state index in [1.165, 1.54) is 16.1 Å². The van der Waals surface area contributed by atoms with Crippen LogP contribution in [0.25, 0.3) is 0 Å². The Kier molecular flexibility index (Phi) is 4.49. The molecule has 5 heteroatoms. The van der Waals surface area contributed by atoms with Crippen LogP contribution in [0, 0.1) is 0 Å². The Morgan fingerprint density at radius 2 is 2.11 bits per heavy atom. The van der Waals surface area contributed by atoms with Gasteiger partial charge in [0.2, 0.25) is 0 Å². The van der Waals surface area contributed by atoms with E-state index in [4.69, 9.17) is 0 Å². The van der Waals surface area contributed by atoms with E-state index in [9.17, 15) is 0 Å². The SMILES string of the molecule is CCc1cnc(CNCc2cn(C)nc2CC)s1. The van der Waals surface area contributed by atoms with Crippen LogP contribution in [0.2, 0.25) is 0 Å². The van der Waals surface area contributed by atoms with Gasteiger partial charge in [-0.25, -0.2) is 4.98 Å². The lowest BCUT2D eigenvalue weighted by Gasteiger charge is -2.01. The molecule has 0 atom stereocenters. The zero-order valence-electron chi connectivity index (χ0n) is 11.2. The third kappa shape index (κ3) is 3.17. The summed E-state index contributed by atoms with van der Waals surface area (Å²) >= 11 is 1.79. The topological polar surface area (TPSA) is 42.7 Å². The van der Waals surface area contributed by atoms with E-state index < -0.39 is 0 Å². The average Bonchev–Trinajstić information content (AvgIpc) is 2.96. The van der Waals surface area contributed by atoms with Gasteiger partial charge in [-0.3, -0.25) is 4.68 Å². The largest absolute Gasteiger partial charge is 0.306 e. The fourth-order valence-electron chi connectivity index (χ4n) is 1.93. The highest BCUT2D eigenvalue weighted by molar-refractivity contribution is 7.11. The first-order valence-corrected chi connectivity index (χ1v) is 7.20. The molecule has 0 amide bonds. The predicted octanol–water partition coefficient (Wildman–Crippen LogP) is 2.29. The molecule has 0 unspecified atom stereocenters. The molecule has 98 valence electrons. The lowest BCUT2D eigenvalue weighted by molar-refractivity contribution is 0.685. The summed E-state index contributed by atoms with van der Waals surface area (Å²) < 4.78 is 1.88. The van der Waals surface area contributed by atoms with Crippen LogP contribution in [-0.4, -0.2) is 14.8 Å². The molecule has 1 N–H and O–H groups in total. The first-order valence-electron chi connectivity index (χ1n) is 6.38. The summed E-state index contributed by atoms with van der Waals surface area (Å²) in [5.74, 6) is 0. The maximum atomic E-state index is 4.44. The fraction of sp³-hybridized carbons (Fsp3) is 0.538. The van der Waals surface area contributed by atoms with E-state index in [0.717, 1.165) is 30.9 Å². The third-order valence-corrected chi connectivity index (χ3v) is 4.01. The van der Waals surface area contributed by atoms with Crippen molar-refractivity contribution in [2.45, 2.75) is 39.8 Å². The molecule has 0 saturated carbocycles.